The number of piperazine rings is 1. The first-order valence-electron chi connectivity index (χ1n) is 9.07. The Balaban J connectivity index is 1.39. The minimum absolute atomic E-state index is 0.00698. The number of aromatic nitrogens is 5. The predicted octanol–water partition coefficient (Wildman–Crippen LogP) is 1.61. The molecule has 8 nitrogen and oxygen atoms in total. The van der Waals surface area contributed by atoms with Gasteiger partial charge < -0.3 is 9.80 Å². The molecule has 0 spiro atoms. The van der Waals surface area contributed by atoms with Crippen LogP contribution in [0.3, 0.4) is 0 Å². The van der Waals surface area contributed by atoms with Crippen LogP contribution in [0.5, 0.6) is 0 Å². The van der Waals surface area contributed by atoms with Crippen molar-refractivity contribution in [3.05, 3.63) is 65.9 Å². The largest absolute Gasteiger partial charge is 0.350 e. The van der Waals surface area contributed by atoms with Gasteiger partial charge >= 0.3 is 0 Å². The van der Waals surface area contributed by atoms with Crippen LogP contribution < -0.4 is 4.90 Å². The number of anilines is 1. The Hall–Kier alpha value is -3.36. The predicted molar refractivity (Wildman–Crippen MR) is 100 cm³/mol. The Labute approximate surface area is 161 Å². The Morgan fingerprint density at radius 3 is 2.64 bits per heavy atom. The van der Waals surface area contributed by atoms with Gasteiger partial charge in [-0.25, -0.2) is 14.1 Å². The number of carbonyl (C=O) groups is 1. The van der Waals surface area contributed by atoms with Crippen molar-refractivity contribution in [3.8, 4) is 0 Å². The zero-order valence-corrected chi connectivity index (χ0v) is 15.4. The highest BCUT2D eigenvalue weighted by atomic mass is 19.1. The third-order valence-electron chi connectivity index (χ3n) is 4.86. The maximum absolute atomic E-state index is 13.1. The van der Waals surface area contributed by atoms with Gasteiger partial charge in [0.05, 0.1) is 12.7 Å². The minimum atomic E-state index is -0.353. The fraction of sp³-hybridized carbons (Fsp3) is 0.316. The summed E-state index contributed by atoms with van der Waals surface area (Å²) in [5.74, 6) is 0.384. The number of benzene rings is 1. The third kappa shape index (κ3) is 3.83. The molecule has 1 amide bonds. The van der Waals surface area contributed by atoms with Gasteiger partial charge in [0.1, 0.15) is 18.0 Å². The monoisotopic (exact) mass is 381 g/mol. The van der Waals surface area contributed by atoms with Gasteiger partial charge in [-0.05, 0) is 47.2 Å². The van der Waals surface area contributed by atoms with E-state index in [4.69, 9.17) is 0 Å². The Kier molecular flexibility index (Phi) is 4.96. The van der Waals surface area contributed by atoms with Crippen LogP contribution in [0, 0.1) is 5.82 Å². The summed E-state index contributed by atoms with van der Waals surface area (Å²) in [5.41, 5.74) is 1.67. The summed E-state index contributed by atoms with van der Waals surface area (Å²) >= 11 is 0. The maximum Gasteiger partial charge on any atom is 0.253 e. The molecule has 3 heterocycles. The molecule has 1 unspecified atom stereocenters. The van der Waals surface area contributed by atoms with Crippen molar-refractivity contribution in [1.29, 1.82) is 0 Å². The van der Waals surface area contributed by atoms with Gasteiger partial charge in [-0.1, -0.05) is 12.1 Å². The number of hydrogen-bond acceptors (Lipinski definition) is 6. The van der Waals surface area contributed by atoms with E-state index in [1.807, 2.05) is 36.1 Å². The van der Waals surface area contributed by atoms with Gasteiger partial charge in [0.15, 0.2) is 0 Å². The van der Waals surface area contributed by atoms with Crippen LogP contribution in [0.1, 0.15) is 22.8 Å². The van der Waals surface area contributed by atoms with Crippen LogP contribution in [-0.2, 0) is 6.54 Å². The second kappa shape index (κ2) is 7.71. The van der Waals surface area contributed by atoms with Gasteiger partial charge in [-0.2, -0.15) is 0 Å². The second-order valence-electron chi connectivity index (χ2n) is 6.83. The number of tetrazole rings is 1. The average molecular weight is 381 g/mol. The summed E-state index contributed by atoms with van der Waals surface area (Å²) in [7, 11) is 0. The van der Waals surface area contributed by atoms with E-state index < -0.39 is 0 Å². The van der Waals surface area contributed by atoms with Crippen molar-refractivity contribution in [2.24, 2.45) is 0 Å². The molecule has 0 aliphatic carbocycles. The quantitative estimate of drug-likeness (QED) is 0.683. The van der Waals surface area contributed by atoms with Crippen molar-refractivity contribution < 1.29 is 9.18 Å². The summed E-state index contributed by atoms with van der Waals surface area (Å²) < 4.78 is 14.7. The van der Waals surface area contributed by atoms with Crippen LogP contribution >= 0.6 is 0 Å². The maximum atomic E-state index is 13.1. The number of carbonyl (C=O) groups excluding carboxylic acids is 1. The van der Waals surface area contributed by atoms with Crippen molar-refractivity contribution in [2.75, 3.05) is 24.5 Å². The van der Waals surface area contributed by atoms with Gasteiger partial charge in [-0.3, -0.25) is 4.79 Å². The third-order valence-corrected chi connectivity index (χ3v) is 4.86. The topological polar surface area (TPSA) is 80.0 Å². The lowest BCUT2D eigenvalue weighted by molar-refractivity contribution is 0.0726. The van der Waals surface area contributed by atoms with Crippen molar-refractivity contribution in [1.82, 2.24) is 30.1 Å². The highest BCUT2D eigenvalue weighted by Crippen LogP contribution is 2.20. The molecule has 0 N–H and O–H groups in total. The van der Waals surface area contributed by atoms with E-state index in [9.17, 15) is 9.18 Å². The lowest BCUT2D eigenvalue weighted by Crippen LogP contribution is -2.54. The number of rotatable bonds is 4. The zero-order chi connectivity index (χ0) is 19.5. The van der Waals surface area contributed by atoms with Crippen molar-refractivity contribution in [3.63, 3.8) is 0 Å². The van der Waals surface area contributed by atoms with Crippen LogP contribution in [-0.4, -0.2) is 61.7 Å². The fourth-order valence-electron chi connectivity index (χ4n) is 3.40. The molecular formula is C19H20FN7O. The van der Waals surface area contributed by atoms with Crippen LogP contribution in [0.2, 0.25) is 0 Å². The fourth-order valence-corrected chi connectivity index (χ4v) is 3.40. The first-order chi connectivity index (χ1) is 13.6. The van der Waals surface area contributed by atoms with Crippen LogP contribution in [0.15, 0.2) is 48.9 Å². The average Bonchev–Trinajstić information content (AvgIpc) is 3.22. The van der Waals surface area contributed by atoms with E-state index in [-0.39, 0.29) is 17.8 Å². The SMILES string of the molecule is CC1CN(C(=O)c2ccc(Cn3cnnn3)cc2)CCN1c1ccc(F)cn1. The Morgan fingerprint density at radius 2 is 2.00 bits per heavy atom. The van der Waals surface area contributed by atoms with Crippen LogP contribution in [0.4, 0.5) is 10.2 Å². The molecule has 3 aromatic rings. The zero-order valence-electron chi connectivity index (χ0n) is 15.4. The number of nitrogens with zero attached hydrogens (tertiary/aromatic N) is 7. The first kappa shape index (κ1) is 18.0. The lowest BCUT2D eigenvalue weighted by Gasteiger charge is -2.40. The molecule has 1 aromatic carbocycles. The molecule has 28 heavy (non-hydrogen) atoms. The Morgan fingerprint density at radius 1 is 1.18 bits per heavy atom. The molecule has 1 fully saturated rings. The van der Waals surface area contributed by atoms with Gasteiger partial charge in [0, 0.05) is 31.2 Å². The molecule has 4 rings (SSSR count). The summed E-state index contributed by atoms with van der Waals surface area (Å²) in [4.78, 5) is 21.0. The number of pyridine rings is 1. The number of amides is 1. The van der Waals surface area contributed by atoms with Crippen LogP contribution in [0.25, 0.3) is 0 Å². The van der Waals surface area contributed by atoms with E-state index in [0.29, 0.717) is 31.7 Å². The molecule has 0 bridgehead atoms. The summed E-state index contributed by atoms with van der Waals surface area (Å²) in [5, 5.41) is 11.1. The van der Waals surface area contributed by atoms with Gasteiger partial charge in [0.2, 0.25) is 0 Å². The molecular weight excluding hydrogens is 361 g/mol. The second-order valence-corrected chi connectivity index (χ2v) is 6.83. The molecule has 144 valence electrons. The van der Waals surface area contributed by atoms with Gasteiger partial charge in [0.25, 0.3) is 5.91 Å². The summed E-state index contributed by atoms with van der Waals surface area (Å²) in [6.45, 7) is 4.43. The molecule has 0 saturated carbocycles. The van der Waals surface area contributed by atoms with E-state index in [2.05, 4.69) is 25.4 Å². The normalized spacial score (nSPS) is 17.0. The summed E-state index contributed by atoms with van der Waals surface area (Å²) in [6.07, 6.45) is 2.77. The number of hydrogen-bond donors (Lipinski definition) is 0. The van der Waals surface area contributed by atoms with Crippen molar-refractivity contribution >= 4 is 11.7 Å². The molecule has 1 atom stereocenters. The van der Waals surface area contributed by atoms with Gasteiger partial charge in [-0.15, -0.1) is 5.10 Å². The van der Waals surface area contributed by atoms with E-state index in [1.165, 1.54) is 12.3 Å². The number of halogens is 1. The van der Waals surface area contributed by atoms with E-state index in [0.717, 1.165) is 11.4 Å². The van der Waals surface area contributed by atoms with Crippen molar-refractivity contribution in [2.45, 2.75) is 19.5 Å². The Bertz CT molecular complexity index is 928. The minimum Gasteiger partial charge on any atom is -0.350 e. The highest BCUT2D eigenvalue weighted by Gasteiger charge is 2.28. The molecule has 0 radical (unpaired) electrons. The summed E-state index contributed by atoms with van der Waals surface area (Å²) in [6, 6.07) is 10.7. The first-order valence-corrected chi connectivity index (χ1v) is 9.07. The molecule has 9 heteroatoms. The molecule has 1 aliphatic rings. The van der Waals surface area contributed by atoms with E-state index >= 15 is 0 Å². The van der Waals surface area contributed by atoms with E-state index in [1.54, 1.807) is 17.1 Å². The highest BCUT2D eigenvalue weighted by molar-refractivity contribution is 5.94. The molecule has 1 aliphatic heterocycles. The molecule has 2 aromatic heterocycles. The molecule has 1 saturated heterocycles. The lowest BCUT2D eigenvalue weighted by atomic mass is 10.1. The smallest absolute Gasteiger partial charge is 0.253 e. The standard InChI is InChI=1S/C19H20FN7O/c1-14-11-25(8-9-27(14)18-7-6-17(20)10-21-18)19(28)16-4-2-15(3-5-16)12-26-13-22-23-24-26/h2-7,10,13-14H,8-9,11-12H2,1H3.